The van der Waals surface area contributed by atoms with Gasteiger partial charge in [0.25, 0.3) is 5.91 Å². The van der Waals surface area contributed by atoms with E-state index in [1.54, 1.807) is 25.1 Å². The maximum absolute atomic E-state index is 13.8. The Bertz CT molecular complexity index is 750. The number of rotatable bonds is 4. The molecule has 1 heterocycles. The van der Waals surface area contributed by atoms with Crippen molar-refractivity contribution in [2.24, 2.45) is 0 Å². The fraction of sp³-hybridized carbons (Fsp3) is 0.278. The molecule has 126 valence electrons. The number of fused-ring (bicyclic) bond motifs is 1. The molecule has 0 aliphatic carbocycles. The zero-order valence-electron chi connectivity index (χ0n) is 13.4. The zero-order valence-corrected chi connectivity index (χ0v) is 13.4. The number of amides is 1. The number of carbonyl (C=O) groups excluding carboxylic acids is 1. The van der Waals surface area contributed by atoms with Crippen LogP contribution in [0.5, 0.6) is 17.2 Å². The van der Waals surface area contributed by atoms with Gasteiger partial charge >= 0.3 is 0 Å². The van der Waals surface area contributed by atoms with Gasteiger partial charge in [-0.3, -0.25) is 4.79 Å². The van der Waals surface area contributed by atoms with Gasteiger partial charge in [-0.15, -0.1) is 0 Å². The number of hydrogen-bond donors (Lipinski definition) is 1. The number of carbonyl (C=O) groups is 1. The van der Waals surface area contributed by atoms with E-state index in [4.69, 9.17) is 14.2 Å². The molecule has 0 bridgehead atoms. The highest BCUT2D eigenvalue weighted by Crippen LogP contribution is 2.31. The maximum Gasteiger partial charge on any atom is 0.265 e. The van der Waals surface area contributed by atoms with Crippen LogP contribution in [0.15, 0.2) is 42.5 Å². The first-order valence-electron chi connectivity index (χ1n) is 7.61. The number of para-hydroxylation sites is 2. The molecule has 0 saturated carbocycles. The van der Waals surface area contributed by atoms with Gasteiger partial charge in [-0.05, 0) is 36.8 Å². The van der Waals surface area contributed by atoms with E-state index >= 15 is 0 Å². The molecule has 1 amide bonds. The highest BCUT2D eigenvalue weighted by atomic mass is 19.1. The van der Waals surface area contributed by atoms with E-state index in [-0.39, 0.29) is 24.3 Å². The molecule has 0 spiro atoms. The summed E-state index contributed by atoms with van der Waals surface area (Å²) in [6.07, 6.45) is -0.745. The quantitative estimate of drug-likeness (QED) is 0.936. The second-order valence-corrected chi connectivity index (χ2v) is 5.49. The van der Waals surface area contributed by atoms with Crippen LogP contribution in [0.1, 0.15) is 18.5 Å². The Kier molecular flexibility index (Phi) is 4.55. The van der Waals surface area contributed by atoms with E-state index in [2.05, 4.69) is 5.32 Å². The van der Waals surface area contributed by atoms with Crippen molar-refractivity contribution in [1.29, 1.82) is 0 Å². The Morgan fingerprint density at radius 3 is 2.75 bits per heavy atom. The lowest BCUT2D eigenvalue weighted by Gasteiger charge is -2.26. The molecular formula is C18H18FNO4. The van der Waals surface area contributed by atoms with Crippen LogP contribution in [-0.4, -0.2) is 25.7 Å². The Hall–Kier alpha value is -2.76. The molecule has 2 aromatic rings. The highest BCUT2D eigenvalue weighted by molar-refractivity contribution is 5.82. The Balaban J connectivity index is 1.65. The fourth-order valence-corrected chi connectivity index (χ4v) is 2.49. The van der Waals surface area contributed by atoms with Crippen LogP contribution in [0, 0.1) is 5.82 Å². The summed E-state index contributed by atoms with van der Waals surface area (Å²) in [7, 11) is 1.40. The summed E-state index contributed by atoms with van der Waals surface area (Å²) >= 11 is 0. The summed E-state index contributed by atoms with van der Waals surface area (Å²) in [5.74, 6) is 0.535. The average Bonchev–Trinajstić information content (AvgIpc) is 2.61. The van der Waals surface area contributed by atoms with Crippen molar-refractivity contribution >= 4 is 5.91 Å². The van der Waals surface area contributed by atoms with E-state index in [1.807, 2.05) is 12.1 Å². The molecule has 1 N–H and O–H groups in total. The van der Waals surface area contributed by atoms with Crippen LogP contribution in [0.4, 0.5) is 4.39 Å². The first kappa shape index (κ1) is 16.1. The summed E-state index contributed by atoms with van der Waals surface area (Å²) in [6, 6.07) is 11.4. The number of methoxy groups -OCH3 is 1. The molecule has 0 saturated heterocycles. The predicted molar refractivity (Wildman–Crippen MR) is 85.9 cm³/mol. The first-order chi connectivity index (χ1) is 11.6. The summed E-state index contributed by atoms with van der Waals surface area (Å²) < 4.78 is 29.9. The second kappa shape index (κ2) is 6.78. The monoisotopic (exact) mass is 331 g/mol. The first-order valence-corrected chi connectivity index (χ1v) is 7.61. The Labute approximate surface area is 139 Å². The minimum atomic E-state index is -0.745. The summed E-state index contributed by atoms with van der Waals surface area (Å²) in [4.78, 5) is 12.4. The predicted octanol–water partition coefficient (Wildman–Crippen LogP) is 2.85. The molecular weight excluding hydrogens is 313 g/mol. The summed E-state index contributed by atoms with van der Waals surface area (Å²) in [6.45, 7) is 1.91. The normalized spacial score (nSPS) is 17.0. The lowest BCUT2D eigenvalue weighted by molar-refractivity contribution is -0.131. The molecule has 5 nitrogen and oxygen atoms in total. The smallest absolute Gasteiger partial charge is 0.265 e. The molecule has 2 atom stereocenters. The van der Waals surface area contributed by atoms with Crippen LogP contribution in [0.25, 0.3) is 0 Å². The van der Waals surface area contributed by atoms with Gasteiger partial charge in [0.1, 0.15) is 6.61 Å². The number of hydrogen-bond acceptors (Lipinski definition) is 4. The lowest BCUT2D eigenvalue weighted by atomic mass is 10.1. The third kappa shape index (κ3) is 3.27. The van der Waals surface area contributed by atoms with Gasteiger partial charge in [-0.25, -0.2) is 4.39 Å². The number of halogens is 1. The molecule has 2 aromatic carbocycles. The minimum Gasteiger partial charge on any atom is -0.494 e. The van der Waals surface area contributed by atoms with Crippen molar-refractivity contribution in [1.82, 2.24) is 5.32 Å². The van der Waals surface area contributed by atoms with E-state index in [0.717, 1.165) is 0 Å². The molecule has 0 radical (unpaired) electrons. The van der Waals surface area contributed by atoms with Crippen molar-refractivity contribution in [3.63, 3.8) is 0 Å². The SMILES string of the molecule is COc1ccc([C@H](C)NC(=O)[C@H]2COc3ccccc3O2)cc1F. The van der Waals surface area contributed by atoms with Crippen molar-refractivity contribution in [2.75, 3.05) is 13.7 Å². The highest BCUT2D eigenvalue weighted by Gasteiger charge is 2.28. The van der Waals surface area contributed by atoms with E-state index in [9.17, 15) is 9.18 Å². The van der Waals surface area contributed by atoms with Crippen LogP contribution >= 0.6 is 0 Å². The number of ether oxygens (including phenoxy) is 3. The molecule has 0 fully saturated rings. The summed E-state index contributed by atoms with van der Waals surface area (Å²) in [5, 5.41) is 2.81. The van der Waals surface area contributed by atoms with E-state index < -0.39 is 11.9 Å². The zero-order chi connectivity index (χ0) is 17.1. The van der Waals surface area contributed by atoms with Crippen molar-refractivity contribution < 1.29 is 23.4 Å². The average molecular weight is 331 g/mol. The fourth-order valence-electron chi connectivity index (χ4n) is 2.49. The van der Waals surface area contributed by atoms with Gasteiger partial charge in [0.05, 0.1) is 13.2 Å². The molecule has 3 rings (SSSR count). The molecule has 0 unspecified atom stereocenters. The summed E-state index contributed by atoms with van der Waals surface area (Å²) in [5.41, 5.74) is 0.638. The Morgan fingerprint density at radius 1 is 1.29 bits per heavy atom. The topological polar surface area (TPSA) is 56.8 Å². The van der Waals surface area contributed by atoms with Crippen molar-refractivity contribution in [3.05, 3.63) is 53.8 Å². The second-order valence-electron chi connectivity index (χ2n) is 5.49. The molecule has 0 aromatic heterocycles. The molecule has 1 aliphatic heterocycles. The molecule has 6 heteroatoms. The van der Waals surface area contributed by atoms with Crippen LogP contribution < -0.4 is 19.5 Å². The minimum absolute atomic E-state index is 0.131. The van der Waals surface area contributed by atoms with Gasteiger partial charge in [0, 0.05) is 0 Å². The van der Waals surface area contributed by atoms with Crippen LogP contribution in [-0.2, 0) is 4.79 Å². The van der Waals surface area contributed by atoms with Gasteiger partial charge in [-0.2, -0.15) is 0 Å². The molecule has 24 heavy (non-hydrogen) atoms. The molecule has 1 aliphatic rings. The number of nitrogens with one attached hydrogen (secondary N) is 1. The van der Waals surface area contributed by atoms with E-state index in [1.165, 1.54) is 19.2 Å². The van der Waals surface area contributed by atoms with Crippen molar-refractivity contribution in [2.45, 2.75) is 19.1 Å². The van der Waals surface area contributed by atoms with Gasteiger partial charge in [0.2, 0.25) is 6.10 Å². The van der Waals surface area contributed by atoms with Gasteiger partial charge in [-0.1, -0.05) is 18.2 Å². The van der Waals surface area contributed by atoms with E-state index in [0.29, 0.717) is 17.1 Å². The van der Waals surface area contributed by atoms with Crippen molar-refractivity contribution in [3.8, 4) is 17.2 Å². The van der Waals surface area contributed by atoms with Crippen LogP contribution in [0.3, 0.4) is 0 Å². The third-order valence-electron chi connectivity index (χ3n) is 3.84. The largest absolute Gasteiger partial charge is 0.494 e. The maximum atomic E-state index is 13.8. The van der Waals surface area contributed by atoms with Crippen LogP contribution in [0.2, 0.25) is 0 Å². The standard InChI is InChI=1S/C18H18FNO4/c1-11(12-7-8-14(22-2)13(19)9-12)20-18(21)17-10-23-15-5-3-4-6-16(15)24-17/h3-9,11,17H,10H2,1-2H3,(H,20,21)/t11-,17+/m0/s1. The Morgan fingerprint density at radius 2 is 2.04 bits per heavy atom. The van der Waals surface area contributed by atoms with Gasteiger partial charge in [0.15, 0.2) is 23.1 Å². The lowest BCUT2D eigenvalue weighted by Crippen LogP contribution is -2.44. The number of benzene rings is 2. The third-order valence-corrected chi connectivity index (χ3v) is 3.84. The van der Waals surface area contributed by atoms with Gasteiger partial charge < -0.3 is 19.5 Å².